The third-order valence-electron chi connectivity index (χ3n) is 2.19. The topological polar surface area (TPSA) is 84.9 Å². The first-order valence-corrected chi connectivity index (χ1v) is 4.51. The Balaban J connectivity index is 2.69. The van der Waals surface area contributed by atoms with Crippen molar-refractivity contribution in [2.45, 2.75) is 0 Å². The second-order valence-electron chi connectivity index (χ2n) is 3.26. The summed E-state index contributed by atoms with van der Waals surface area (Å²) in [6.45, 7) is 0. The van der Waals surface area contributed by atoms with Gasteiger partial charge in [0.25, 0.3) is 5.56 Å². The minimum atomic E-state index is -0.171. The van der Waals surface area contributed by atoms with Crippen LogP contribution >= 0.6 is 0 Å². The van der Waals surface area contributed by atoms with Crippen LogP contribution in [0, 0.1) is 0 Å². The molecule has 0 aliphatic rings. The molecule has 0 saturated carbocycles. The first kappa shape index (κ1) is 9.33. The number of aromatic nitrogens is 1. The predicted octanol–water partition coefficient (Wildman–Crippen LogP) is 1.21. The van der Waals surface area contributed by atoms with Crippen LogP contribution in [0.4, 0.5) is 11.4 Å². The summed E-state index contributed by atoms with van der Waals surface area (Å²) in [5.74, 6) is 0. The van der Waals surface area contributed by atoms with Gasteiger partial charge >= 0.3 is 0 Å². The van der Waals surface area contributed by atoms with Crippen LogP contribution in [-0.2, 0) is 0 Å². The molecule has 4 heteroatoms. The molecule has 0 bridgehead atoms. The molecule has 0 atom stereocenters. The smallest absolute Gasteiger partial charge is 0.255 e. The quantitative estimate of drug-likeness (QED) is 0.606. The number of hydrogen-bond acceptors (Lipinski definition) is 3. The van der Waals surface area contributed by atoms with Gasteiger partial charge in [0.1, 0.15) is 0 Å². The molecule has 0 fully saturated rings. The third-order valence-corrected chi connectivity index (χ3v) is 2.19. The zero-order chi connectivity index (χ0) is 10.8. The maximum absolute atomic E-state index is 11.5. The van der Waals surface area contributed by atoms with Gasteiger partial charge in [-0.05, 0) is 30.3 Å². The van der Waals surface area contributed by atoms with Crippen molar-refractivity contribution in [1.29, 1.82) is 0 Å². The van der Waals surface area contributed by atoms with Crippen LogP contribution in [0.15, 0.2) is 41.3 Å². The Morgan fingerprint density at radius 2 is 1.87 bits per heavy atom. The number of nitrogen functional groups attached to an aromatic ring is 2. The number of pyridine rings is 1. The van der Waals surface area contributed by atoms with Crippen molar-refractivity contribution in [3.05, 3.63) is 46.9 Å². The first-order chi connectivity index (χ1) is 7.18. The van der Waals surface area contributed by atoms with Crippen LogP contribution in [0.25, 0.3) is 11.1 Å². The third kappa shape index (κ3) is 1.69. The summed E-state index contributed by atoms with van der Waals surface area (Å²) in [6, 6.07) is 8.55. The number of anilines is 2. The molecule has 0 unspecified atom stereocenters. The molecule has 0 radical (unpaired) electrons. The molecule has 0 spiro atoms. The highest BCUT2D eigenvalue weighted by atomic mass is 16.1. The van der Waals surface area contributed by atoms with Gasteiger partial charge in [0, 0.05) is 28.7 Å². The van der Waals surface area contributed by atoms with E-state index < -0.39 is 0 Å². The molecule has 76 valence electrons. The van der Waals surface area contributed by atoms with Gasteiger partial charge < -0.3 is 16.5 Å². The molecule has 1 aromatic heterocycles. The van der Waals surface area contributed by atoms with E-state index in [-0.39, 0.29) is 5.56 Å². The number of rotatable bonds is 1. The van der Waals surface area contributed by atoms with Gasteiger partial charge in [-0.15, -0.1) is 0 Å². The van der Waals surface area contributed by atoms with Crippen molar-refractivity contribution in [3.8, 4) is 11.1 Å². The van der Waals surface area contributed by atoms with Gasteiger partial charge in [-0.2, -0.15) is 0 Å². The van der Waals surface area contributed by atoms with E-state index in [1.165, 1.54) is 0 Å². The Labute approximate surface area is 86.5 Å². The van der Waals surface area contributed by atoms with Gasteiger partial charge in [0.05, 0.1) is 0 Å². The summed E-state index contributed by atoms with van der Waals surface area (Å²) in [6.07, 6.45) is 1.58. The lowest BCUT2D eigenvalue weighted by molar-refractivity contribution is 1.24. The highest BCUT2D eigenvalue weighted by molar-refractivity contribution is 5.78. The monoisotopic (exact) mass is 201 g/mol. The van der Waals surface area contributed by atoms with E-state index in [1.54, 1.807) is 36.5 Å². The predicted molar refractivity (Wildman–Crippen MR) is 61.3 cm³/mol. The molecule has 0 aliphatic heterocycles. The second-order valence-corrected chi connectivity index (χ2v) is 3.26. The van der Waals surface area contributed by atoms with Gasteiger partial charge in [0.15, 0.2) is 0 Å². The van der Waals surface area contributed by atoms with Crippen LogP contribution in [0.1, 0.15) is 0 Å². The van der Waals surface area contributed by atoms with Crippen molar-refractivity contribution in [3.63, 3.8) is 0 Å². The Morgan fingerprint density at radius 3 is 2.60 bits per heavy atom. The van der Waals surface area contributed by atoms with Crippen LogP contribution in [0.2, 0.25) is 0 Å². The summed E-state index contributed by atoms with van der Waals surface area (Å²) in [5.41, 5.74) is 13.6. The fourth-order valence-electron chi connectivity index (χ4n) is 1.44. The standard InChI is InChI=1S/C11H11N3O/c12-7-3-4-10(13)9(6-7)8-2-1-5-14-11(8)15/h1-6H,12-13H2,(H,14,15). The molecule has 15 heavy (non-hydrogen) atoms. The normalized spacial score (nSPS) is 10.1. The Morgan fingerprint density at radius 1 is 1.07 bits per heavy atom. The highest BCUT2D eigenvalue weighted by Gasteiger charge is 2.06. The van der Waals surface area contributed by atoms with Gasteiger partial charge in [0.2, 0.25) is 0 Å². The lowest BCUT2D eigenvalue weighted by atomic mass is 10.0. The van der Waals surface area contributed by atoms with Crippen LogP contribution in [-0.4, -0.2) is 4.98 Å². The fraction of sp³-hybridized carbons (Fsp3) is 0. The molecule has 1 heterocycles. The lowest BCUT2D eigenvalue weighted by Crippen LogP contribution is -2.08. The summed E-state index contributed by atoms with van der Waals surface area (Å²) in [4.78, 5) is 14.1. The molecular formula is C11H11N3O. The van der Waals surface area contributed by atoms with Crippen LogP contribution < -0.4 is 17.0 Å². The molecular weight excluding hydrogens is 190 g/mol. The minimum absolute atomic E-state index is 0.171. The molecule has 0 amide bonds. The maximum Gasteiger partial charge on any atom is 0.255 e. The van der Waals surface area contributed by atoms with Gasteiger partial charge in [-0.1, -0.05) is 0 Å². The molecule has 1 aromatic carbocycles. The number of benzene rings is 1. The van der Waals surface area contributed by atoms with E-state index in [2.05, 4.69) is 4.98 Å². The summed E-state index contributed by atoms with van der Waals surface area (Å²) in [5, 5.41) is 0. The van der Waals surface area contributed by atoms with E-state index >= 15 is 0 Å². The second kappa shape index (κ2) is 3.49. The molecule has 0 saturated heterocycles. The highest BCUT2D eigenvalue weighted by Crippen LogP contribution is 2.24. The SMILES string of the molecule is Nc1ccc(N)c(-c2ccc[nH]c2=O)c1. The van der Waals surface area contributed by atoms with Gasteiger partial charge in [-0.25, -0.2) is 0 Å². The van der Waals surface area contributed by atoms with E-state index in [0.29, 0.717) is 22.5 Å². The molecule has 4 nitrogen and oxygen atoms in total. The number of H-pyrrole nitrogens is 1. The average Bonchev–Trinajstić information content (AvgIpc) is 2.23. The summed E-state index contributed by atoms with van der Waals surface area (Å²) >= 11 is 0. The van der Waals surface area contributed by atoms with E-state index in [0.717, 1.165) is 0 Å². The van der Waals surface area contributed by atoms with Crippen molar-refractivity contribution in [2.24, 2.45) is 0 Å². The molecule has 2 rings (SSSR count). The van der Waals surface area contributed by atoms with Crippen molar-refractivity contribution in [1.82, 2.24) is 4.98 Å². The number of hydrogen-bond donors (Lipinski definition) is 3. The van der Waals surface area contributed by atoms with Crippen molar-refractivity contribution in [2.75, 3.05) is 11.5 Å². The number of nitrogens with two attached hydrogens (primary N) is 2. The van der Waals surface area contributed by atoms with Crippen molar-refractivity contribution < 1.29 is 0 Å². The van der Waals surface area contributed by atoms with Gasteiger partial charge in [-0.3, -0.25) is 4.79 Å². The van der Waals surface area contributed by atoms with E-state index in [9.17, 15) is 4.79 Å². The minimum Gasteiger partial charge on any atom is -0.399 e. The molecule has 5 N–H and O–H groups in total. The first-order valence-electron chi connectivity index (χ1n) is 4.51. The zero-order valence-electron chi connectivity index (χ0n) is 8.03. The largest absolute Gasteiger partial charge is 0.399 e. The zero-order valence-corrected chi connectivity index (χ0v) is 8.03. The number of aromatic amines is 1. The Hall–Kier alpha value is -2.23. The van der Waals surface area contributed by atoms with E-state index in [4.69, 9.17) is 11.5 Å². The number of nitrogens with one attached hydrogen (secondary N) is 1. The summed E-state index contributed by atoms with van der Waals surface area (Å²) in [7, 11) is 0. The molecule has 2 aromatic rings. The van der Waals surface area contributed by atoms with Crippen molar-refractivity contribution >= 4 is 11.4 Å². The Bertz CT molecular complexity index is 546. The maximum atomic E-state index is 11.5. The fourth-order valence-corrected chi connectivity index (χ4v) is 1.44. The average molecular weight is 201 g/mol. The van der Waals surface area contributed by atoms with Crippen LogP contribution in [0.3, 0.4) is 0 Å². The van der Waals surface area contributed by atoms with E-state index in [1.807, 2.05) is 0 Å². The molecule has 0 aliphatic carbocycles. The summed E-state index contributed by atoms with van der Waals surface area (Å²) < 4.78 is 0. The Kier molecular flexibility index (Phi) is 2.17. The lowest BCUT2D eigenvalue weighted by Gasteiger charge is -2.05. The van der Waals surface area contributed by atoms with Crippen LogP contribution in [0.5, 0.6) is 0 Å².